The van der Waals surface area contributed by atoms with Gasteiger partial charge >= 0.3 is 0 Å². The Morgan fingerprint density at radius 1 is 1.38 bits per heavy atom. The lowest BCUT2D eigenvalue weighted by Crippen LogP contribution is -2.34. The molecule has 8 nitrogen and oxygen atoms in total. The molecule has 0 spiro atoms. The van der Waals surface area contributed by atoms with Gasteiger partial charge in [0.2, 0.25) is 0 Å². The number of nitrogens with one attached hydrogen (secondary N) is 1. The molecule has 4 rings (SSSR count). The van der Waals surface area contributed by atoms with Crippen molar-refractivity contribution in [1.29, 1.82) is 5.26 Å². The largest absolute Gasteiger partial charge is 0.488 e. The van der Waals surface area contributed by atoms with E-state index in [2.05, 4.69) is 15.4 Å². The number of hydrogen-bond donors (Lipinski definition) is 1. The highest BCUT2D eigenvalue weighted by Crippen LogP contribution is 2.29. The van der Waals surface area contributed by atoms with E-state index >= 15 is 0 Å². The van der Waals surface area contributed by atoms with Gasteiger partial charge in [0.05, 0.1) is 18.3 Å². The fourth-order valence-corrected chi connectivity index (χ4v) is 3.31. The molecule has 2 aromatic heterocycles. The highest BCUT2D eigenvalue weighted by atomic mass is 19.1. The Labute approximate surface area is 166 Å². The highest BCUT2D eigenvalue weighted by molar-refractivity contribution is 5.93. The van der Waals surface area contributed by atoms with Crippen molar-refractivity contribution in [3.05, 3.63) is 53.1 Å². The van der Waals surface area contributed by atoms with Gasteiger partial charge < -0.3 is 15.0 Å². The smallest absolute Gasteiger partial charge is 0.271 e. The van der Waals surface area contributed by atoms with Crippen molar-refractivity contribution < 1.29 is 13.9 Å². The SMILES string of the molecule is CCN1Cc2c(ccc(F)c2C#N)O[C@H](C)CNC(=O)c2cnc3ccc1nn23. The third-order valence-electron chi connectivity index (χ3n) is 4.84. The number of carbonyl (C=O) groups is 1. The molecule has 3 aromatic rings. The summed E-state index contributed by atoms with van der Waals surface area (Å²) < 4.78 is 21.8. The minimum absolute atomic E-state index is 0.0588. The monoisotopic (exact) mass is 394 g/mol. The average Bonchev–Trinajstić information content (AvgIpc) is 3.14. The number of nitrogens with zero attached hydrogens (tertiary/aromatic N) is 5. The summed E-state index contributed by atoms with van der Waals surface area (Å²) in [6, 6.07) is 8.22. The molecule has 1 atom stereocenters. The van der Waals surface area contributed by atoms with Crippen LogP contribution in [-0.2, 0) is 6.54 Å². The summed E-state index contributed by atoms with van der Waals surface area (Å²) in [6.45, 7) is 4.72. The lowest BCUT2D eigenvalue weighted by Gasteiger charge is -2.25. The van der Waals surface area contributed by atoms with E-state index < -0.39 is 11.9 Å². The second-order valence-corrected chi connectivity index (χ2v) is 6.77. The average molecular weight is 394 g/mol. The fourth-order valence-electron chi connectivity index (χ4n) is 3.31. The molecule has 1 aliphatic heterocycles. The standard InChI is InChI=1S/C20H19FN6O2/c1-3-26-11-14-13(8-22)15(21)4-5-17(14)29-12(2)9-24-20(28)16-10-23-18-6-7-19(26)25-27(16)18/h4-7,10,12H,3,9,11H2,1-2H3,(H,24,28)/t12-/m1/s1. The first-order valence-electron chi connectivity index (χ1n) is 9.28. The molecule has 0 saturated carbocycles. The molecule has 1 amide bonds. The maximum atomic E-state index is 14.3. The van der Waals surface area contributed by atoms with E-state index in [0.717, 1.165) is 0 Å². The molecule has 0 unspecified atom stereocenters. The van der Waals surface area contributed by atoms with Crippen molar-refractivity contribution in [2.24, 2.45) is 0 Å². The predicted molar refractivity (Wildman–Crippen MR) is 103 cm³/mol. The summed E-state index contributed by atoms with van der Waals surface area (Å²) in [7, 11) is 0. The van der Waals surface area contributed by atoms with Crippen LogP contribution in [0.2, 0.25) is 0 Å². The summed E-state index contributed by atoms with van der Waals surface area (Å²) in [4.78, 5) is 18.7. The van der Waals surface area contributed by atoms with Crippen molar-refractivity contribution in [2.45, 2.75) is 26.5 Å². The van der Waals surface area contributed by atoms with Crippen molar-refractivity contribution in [3.8, 4) is 11.8 Å². The number of fused-ring (bicyclic) bond motifs is 2. The van der Waals surface area contributed by atoms with Gasteiger partial charge in [0, 0.05) is 18.7 Å². The Morgan fingerprint density at radius 3 is 2.97 bits per heavy atom. The van der Waals surface area contributed by atoms with Crippen LogP contribution >= 0.6 is 0 Å². The molecule has 0 radical (unpaired) electrons. The number of anilines is 1. The minimum atomic E-state index is -0.600. The first kappa shape index (κ1) is 18.7. The maximum Gasteiger partial charge on any atom is 0.271 e. The van der Waals surface area contributed by atoms with Gasteiger partial charge in [0.1, 0.15) is 29.6 Å². The van der Waals surface area contributed by atoms with Crippen molar-refractivity contribution >= 4 is 17.4 Å². The normalized spacial score (nSPS) is 16.8. The van der Waals surface area contributed by atoms with Crippen molar-refractivity contribution in [3.63, 3.8) is 0 Å². The molecule has 1 N–H and O–H groups in total. The Bertz CT molecular complexity index is 1140. The van der Waals surface area contributed by atoms with Crippen LogP contribution in [0.4, 0.5) is 10.2 Å². The van der Waals surface area contributed by atoms with Crippen LogP contribution in [0.3, 0.4) is 0 Å². The summed E-state index contributed by atoms with van der Waals surface area (Å²) in [6.07, 6.45) is 1.07. The second kappa shape index (κ2) is 7.39. The number of hydrogen-bond acceptors (Lipinski definition) is 6. The summed E-state index contributed by atoms with van der Waals surface area (Å²) in [5.41, 5.74) is 1.24. The highest BCUT2D eigenvalue weighted by Gasteiger charge is 2.22. The molecule has 1 aromatic carbocycles. The third-order valence-corrected chi connectivity index (χ3v) is 4.84. The van der Waals surface area contributed by atoms with Gasteiger partial charge in [-0.15, -0.1) is 5.10 Å². The van der Waals surface area contributed by atoms with E-state index in [-0.39, 0.29) is 24.6 Å². The van der Waals surface area contributed by atoms with Crippen LogP contribution in [0.5, 0.6) is 5.75 Å². The number of carbonyl (C=O) groups excluding carboxylic acids is 1. The summed E-state index contributed by atoms with van der Waals surface area (Å²) in [5, 5.41) is 16.9. The molecular weight excluding hydrogens is 375 g/mol. The van der Waals surface area contributed by atoms with Gasteiger partial charge in [-0.1, -0.05) is 0 Å². The molecular formula is C20H19FN6O2. The van der Waals surface area contributed by atoms with Crippen molar-refractivity contribution in [1.82, 2.24) is 19.9 Å². The number of ether oxygens (including phenoxy) is 1. The summed E-state index contributed by atoms with van der Waals surface area (Å²) in [5.74, 6) is 0.0524. The number of nitriles is 1. The molecule has 3 heterocycles. The van der Waals surface area contributed by atoms with Gasteiger partial charge in [-0.3, -0.25) is 4.79 Å². The minimum Gasteiger partial charge on any atom is -0.488 e. The van der Waals surface area contributed by atoms with E-state index in [1.54, 1.807) is 19.1 Å². The molecule has 1 aliphatic rings. The second-order valence-electron chi connectivity index (χ2n) is 6.77. The molecule has 2 bridgehead atoms. The Kier molecular flexibility index (Phi) is 4.76. The molecule has 0 saturated heterocycles. The molecule has 0 aliphatic carbocycles. The van der Waals surface area contributed by atoms with Gasteiger partial charge in [0.15, 0.2) is 11.3 Å². The number of aromatic nitrogens is 3. The number of halogens is 1. The van der Waals surface area contributed by atoms with Crippen LogP contribution in [-0.4, -0.2) is 39.7 Å². The lowest BCUT2D eigenvalue weighted by molar-refractivity contribution is 0.0925. The van der Waals surface area contributed by atoms with Crippen molar-refractivity contribution in [2.75, 3.05) is 18.0 Å². The number of amides is 1. The zero-order chi connectivity index (χ0) is 20.5. The van der Waals surface area contributed by atoms with E-state index in [1.165, 1.54) is 22.8 Å². The third kappa shape index (κ3) is 3.33. The number of benzene rings is 1. The van der Waals surface area contributed by atoms with Gasteiger partial charge in [0.25, 0.3) is 5.91 Å². The van der Waals surface area contributed by atoms with E-state index in [0.29, 0.717) is 35.0 Å². The quantitative estimate of drug-likeness (QED) is 0.680. The van der Waals surface area contributed by atoms with Crippen LogP contribution in [0.25, 0.3) is 5.65 Å². The van der Waals surface area contributed by atoms with E-state index in [1.807, 2.05) is 17.9 Å². The molecule has 29 heavy (non-hydrogen) atoms. The van der Waals surface area contributed by atoms with Crippen LogP contribution in [0.1, 0.15) is 35.5 Å². The van der Waals surface area contributed by atoms with Crippen LogP contribution in [0, 0.1) is 17.1 Å². The maximum absolute atomic E-state index is 14.3. The number of imidazole rings is 1. The van der Waals surface area contributed by atoms with E-state index in [9.17, 15) is 14.4 Å². The number of rotatable bonds is 1. The molecule has 9 heteroatoms. The first-order valence-corrected chi connectivity index (χ1v) is 9.28. The van der Waals surface area contributed by atoms with Gasteiger partial charge in [-0.25, -0.2) is 13.9 Å². The molecule has 148 valence electrons. The van der Waals surface area contributed by atoms with Gasteiger partial charge in [-0.05, 0) is 38.1 Å². The predicted octanol–water partition coefficient (Wildman–Crippen LogP) is 2.28. The Hall–Kier alpha value is -3.67. The van der Waals surface area contributed by atoms with Gasteiger partial charge in [-0.2, -0.15) is 5.26 Å². The fraction of sp³-hybridized carbons (Fsp3) is 0.300. The van der Waals surface area contributed by atoms with E-state index in [4.69, 9.17) is 4.74 Å². The van der Waals surface area contributed by atoms with Crippen LogP contribution in [0.15, 0.2) is 30.5 Å². The summed E-state index contributed by atoms with van der Waals surface area (Å²) >= 11 is 0. The Balaban J connectivity index is 1.90. The van der Waals surface area contributed by atoms with Crippen LogP contribution < -0.4 is 15.0 Å². The molecule has 0 fully saturated rings. The lowest BCUT2D eigenvalue weighted by atomic mass is 10.1. The zero-order valence-electron chi connectivity index (χ0n) is 16.0. The Morgan fingerprint density at radius 2 is 2.21 bits per heavy atom. The topological polar surface area (TPSA) is 95.6 Å². The zero-order valence-corrected chi connectivity index (χ0v) is 16.0. The first-order chi connectivity index (χ1) is 14.0.